The number of benzene rings is 3. The van der Waals surface area contributed by atoms with Crippen molar-refractivity contribution in [2.45, 2.75) is 0 Å². The zero-order chi connectivity index (χ0) is 15.9. The van der Waals surface area contributed by atoms with Crippen molar-refractivity contribution < 1.29 is 0 Å². The van der Waals surface area contributed by atoms with Crippen molar-refractivity contribution in [3.05, 3.63) is 102 Å². The third kappa shape index (κ3) is 3.74. The van der Waals surface area contributed by atoms with E-state index in [1.807, 2.05) is 66.9 Å². The van der Waals surface area contributed by atoms with E-state index in [4.69, 9.17) is 5.73 Å². The van der Waals surface area contributed by atoms with Crippen LogP contribution in [0.5, 0.6) is 0 Å². The van der Waals surface area contributed by atoms with Crippen molar-refractivity contribution in [1.29, 1.82) is 0 Å². The third-order valence-electron chi connectivity index (χ3n) is 3.58. The zero-order valence-corrected chi connectivity index (χ0v) is 12.8. The molecular weight excluding hydrogens is 280 g/mol. The van der Waals surface area contributed by atoms with Crippen LogP contribution in [0, 0.1) is 0 Å². The van der Waals surface area contributed by atoms with E-state index < -0.39 is 0 Å². The Morgan fingerprint density at radius 1 is 0.739 bits per heavy atom. The van der Waals surface area contributed by atoms with Crippen molar-refractivity contribution >= 4 is 11.9 Å². The van der Waals surface area contributed by atoms with Gasteiger partial charge in [-0.3, -0.25) is 4.99 Å². The Bertz CT molecular complexity index is 819. The monoisotopic (exact) mass is 298 g/mol. The highest BCUT2D eigenvalue weighted by atomic mass is 14.8. The Morgan fingerprint density at radius 3 is 2.09 bits per heavy atom. The molecule has 2 nitrogen and oxygen atoms in total. The SMILES string of the molecule is N/C=C(\N=Cc1ccccc1)c1cccc(-c2ccccc2)c1. The molecule has 0 unspecified atom stereocenters. The normalized spacial score (nSPS) is 11.7. The van der Waals surface area contributed by atoms with Crippen molar-refractivity contribution in [2.24, 2.45) is 10.7 Å². The van der Waals surface area contributed by atoms with Gasteiger partial charge in [0.05, 0.1) is 5.70 Å². The van der Waals surface area contributed by atoms with E-state index in [1.165, 1.54) is 5.56 Å². The molecule has 3 aromatic carbocycles. The number of hydrogen-bond donors (Lipinski definition) is 1. The molecule has 0 fully saturated rings. The van der Waals surface area contributed by atoms with E-state index in [2.05, 4.69) is 29.3 Å². The van der Waals surface area contributed by atoms with Gasteiger partial charge in [-0.05, 0) is 22.8 Å². The summed E-state index contributed by atoms with van der Waals surface area (Å²) < 4.78 is 0. The van der Waals surface area contributed by atoms with Gasteiger partial charge in [0.15, 0.2) is 0 Å². The summed E-state index contributed by atoms with van der Waals surface area (Å²) in [6, 6.07) is 28.5. The fourth-order valence-corrected chi connectivity index (χ4v) is 2.39. The molecule has 2 N–H and O–H groups in total. The molecule has 0 spiro atoms. The Hall–Kier alpha value is -3.13. The Morgan fingerprint density at radius 2 is 1.39 bits per heavy atom. The standard InChI is InChI=1S/C21H18N2/c22-15-21(23-16-17-8-3-1-4-9-17)20-13-7-12-19(14-20)18-10-5-2-6-11-18/h1-16H,22H2/b21-15-,23-16?. The summed E-state index contributed by atoms with van der Waals surface area (Å²) in [5.41, 5.74) is 10.9. The third-order valence-corrected chi connectivity index (χ3v) is 3.58. The van der Waals surface area contributed by atoms with Crippen LogP contribution in [0.15, 0.2) is 96.1 Å². The highest BCUT2D eigenvalue weighted by Crippen LogP contribution is 2.24. The first-order chi connectivity index (χ1) is 11.4. The minimum absolute atomic E-state index is 0.756. The van der Waals surface area contributed by atoms with Gasteiger partial charge in [-0.1, -0.05) is 78.9 Å². The molecule has 3 rings (SSSR count). The Kier molecular flexibility index (Phi) is 4.65. The van der Waals surface area contributed by atoms with Crippen LogP contribution < -0.4 is 5.73 Å². The minimum Gasteiger partial charge on any atom is -0.403 e. The second-order valence-corrected chi connectivity index (χ2v) is 5.17. The molecule has 2 heteroatoms. The molecule has 112 valence electrons. The fraction of sp³-hybridized carbons (Fsp3) is 0. The highest BCUT2D eigenvalue weighted by molar-refractivity contribution is 5.85. The van der Waals surface area contributed by atoms with Crippen LogP contribution in [0.25, 0.3) is 16.8 Å². The predicted octanol–water partition coefficient (Wildman–Crippen LogP) is 4.73. The second kappa shape index (κ2) is 7.23. The van der Waals surface area contributed by atoms with Crippen LogP contribution in [0.1, 0.15) is 11.1 Å². The molecule has 0 saturated heterocycles. The number of aliphatic imine (C=N–C) groups is 1. The quantitative estimate of drug-likeness (QED) is 0.695. The highest BCUT2D eigenvalue weighted by Gasteiger charge is 2.02. The lowest BCUT2D eigenvalue weighted by atomic mass is 10.0. The van der Waals surface area contributed by atoms with Crippen LogP contribution in [0.3, 0.4) is 0 Å². The number of nitrogens with two attached hydrogens (primary N) is 1. The van der Waals surface area contributed by atoms with E-state index in [9.17, 15) is 0 Å². The van der Waals surface area contributed by atoms with Crippen molar-refractivity contribution in [3.8, 4) is 11.1 Å². The Labute approximate surface area is 136 Å². The molecule has 0 bridgehead atoms. The van der Waals surface area contributed by atoms with Crippen molar-refractivity contribution in [1.82, 2.24) is 0 Å². The number of rotatable bonds is 4. The summed E-state index contributed by atoms with van der Waals surface area (Å²) in [5, 5.41) is 0. The van der Waals surface area contributed by atoms with Gasteiger partial charge in [0.2, 0.25) is 0 Å². The van der Waals surface area contributed by atoms with Crippen LogP contribution in [-0.2, 0) is 0 Å². The molecule has 0 aromatic heterocycles. The van der Waals surface area contributed by atoms with Gasteiger partial charge in [0.1, 0.15) is 0 Å². The lowest BCUT2D eigenvalue weighted by Crippen LogP contribution is -1.90. The summed E-state index contributed by atoms with van der Waals surface area (Å²) in [7, 11) is 0. The summed E-state index contributed by atoms with van der Waals surface area (Å²) >= 11 is 0. The fourth-order valence-electron chi connectivity index (χ4n) is 2.39. The molecule has 3 aromatic rings. The maximum absolute atomic E-state index is 5.78. The van der Waals surface area contributed by atoms with E-state index in [0.29, 0.717) is 0 Å². The van der Waals surface area contributed by atoms with E-state index >= 15 is 0 Å². The summed E-state index contributed by atoms with van der Waals surface area (Å²) in [6.45, 7) is 0. The second-order valence-electron chi connectivity index (χ2n) is 5.17. The number of nitrogens with zero attached hydrogens (tertiary/aromatic N) is 1. The maximum Gasteiger partial charge on any atom is 0.0856 e. The van der Waals surface area contributed by atoms with Gasteiger partial charge in [-0.25, -0.2) is 0 Å². The maximum atomic E-state index is 5.78. The minimum atomic E-state index is 0.756. The lowest BCUT2D eigenvalue weighted by molar-refractivity contribution is 1.45. The molecule has 23 heavy (non-hydrogen) atoms. The molecule has 0 aliphatic heterocycles. The van der Waals surface area contributed by atoms with Crippen LogP contribution in [0.4, 0.5) is 0 Å². The van der Waals surface area contributed by atoms with Crippen LogP contribution in [-0.4, -0.2) is 6.21 Å². The topological polar surface area (TPSA) is 38.4 Å². The van der Waals surface area contributed by atoms with Gasteiger partial charge in [0, 0.05) is 18.0 Å². The average molecular weight is 298 g/mol. The van der Waals surface area contributed by atoms with Gasteiger partial charge in [-0.2, -0.15) is 0 Å². The molecule has 0 saturated carbocycles. The first-order valence-corrected chi connectivity index (χ1v) is 7.54. The number of hydrogen-bond acceptors (Lipinski definition) is 2. The van der Waals surface area contributed by atoms with E-state index in [1.54, 1.807) is 6.20 Å². The lowest BCUT2D eigenvalue weighted by Gasteiger charge is -2.06. The van der Waals surface area contributed by atoms with Gasteiger partial charge < -0.3 is 5.73 Å². The molecule has 0 amide bonds. The largest absolute Gasteiger partial charge is 0.403 e. The summed E-state index contributed by atoms with van der Waals surface area (Å²) in [6.07, 6.45) is 3.37. The first-order valence-electron chi connectivity index (χ1n) is 7.54. The van der Waals surface area contributed by atoms with Gasteiger partial charge >= 0.3 is 0 Å². The molecule has 0 atom stereocenters. The smallest absolute Gasteiger partial charge is 0.0856 e. The van der Waals surface area contributed by atoms with E-state index in [0.717, 1.165) is 22.4 Å². The van der Waals surface area contributed by atoms with Gasteiger partial charge in [-0.15, -0.1) is 0 Å². The molecule has 0 aliphatic carbocycles. The van der Waals surface area contributed by atoms with Crippen LogP contribution >= 0.6 is 0 Å². The van der Waals surface area contributed by atoms with Crippen molar-refractivity contribution in [2.75, 3.05) is 0 Å². The average Bonchev–Trinajstić information content (AvgIpc) is 2.64. The van der Waals surface area contributed by atoms with Crippen molar-refractivity contribution in [3.63, 3.8) is 0 Å². The summed E-state index contributed by atoms with van der Waals surface area (Å²) in [5.74, 6) is 0. The first kappa shape index (κ1) is 14.8. The predicted molar refractivity (Wildman–Crippen MR) is 98.1 cm³/mol. The molecule has 0 aliphatic rings. The Balaban J connectivity index is 1.89. The summed E-state index contributed by atoms with van der Waals surface area (Å²) in [4.78, 5) is 4.53. The van der Waals surface area contributed by atoms with E-state index in [-0.39, 0.29) is 0 Å². The molecule has 0 radical (unpaired) electrons. The molecular formula is C21H18N2. The van der Waals surface area contributed by atoms with Crippen LogP contribution in [0.2, 0.25) is 0 Å². The van der Waals surface area contributed by atoms with Gasteiger partial charge in [0.25, 0.3) is 0 Å². The zero-order valence-electron chi connectivity index (χ0n) is 12.8. The molecule has 0 heterocycles.